The van der Waals surface area contributed by atoms with Crippen molar-refractivity contribution >= 4 is 68.9 Å². The Balaban J connectivity index is 1.54. The molecule has 204 valence electrons. The summed E-state index contributed by atoms with van der Waals surface area (Å²) in [5.74, 6) is -1.69. The van der Waals surface area contributed by atoms with Crippen molar-refractivity contribution in [1.82, 2.24) is 10.2 Å². The van der Waals surface area contributed by atoms with Gasteiger partial charge in [-0.05, 0) is 66.6 Å². The zero-order valence-electron chi connectivity index (χ0n) is 20.8. The standard InChI is InChI=1S/C28H20Cl2FN3O4S2/c1-2-38-20-5-3-4-16(12-20)23-22(24(35)15-7-10-19(31)11-8-15)25(36)26(37)34(23)27-32-33-28(40-27)39-14-17-6-9-18(29)13-21(17)30/h3-13,23,35H,2,14H2,1H3. The number of ether oxygens (including phenoxy) is 1. The van der Waals surface area contributed by atoms with Crippen molar-refractivity contribution in [2.75, 3.05) is 11.5 Å². The number of carbonyl (C=O) groups excluding carboxylic acids is 2. The number of aliphatic hydroxyl groups is 1. The predicted octanol–water partition coefficient (Wildman–Crippen LogP) is 7.30. The van der Waals surface area contributed by atoms with Gasteiger partial charge in [0.15, 0.2) is 4.34 Å². The molecule has 4 aromatic rings. The number of hydrogen-bond acceptors (Lipinski definition) is 8. The van der Waals surface area contributed by atoms with E-state index in [1.165, 1.54) is 28.8 Å². The third-order valence-corrected chi connectivity index (χ3v) is 8.71. The highest BCUT2D eigenvalue weighted by Crippen LogP contribution is 2.44. The maximum absolute atomic E-state index is 13.6. The normalized spacial score (nSPS) is 16.5. The van der Waals surface area contributed by atoms with Gasteiger partial charge in [-0.2, -0.15) is 0 Å². The van der Waals surface area contributed by atoms with Crippen molar-refractivity contribution < 1.29 is 23.8 Å². The second kappa shape index (κ2) is 12.0. The average molecular weight is 617 g/mol. The molecule has 12 heteroatoms. The molecule has 1 aliphatic rings. The van der Waals surface area contributed by atoms with Gasteiger partial charge >= 0.3 is 5.91 Å². The van der Waals surface area contributed by atoms with Crippen LogP contribution in [0.1, 0.15) is 29.7 Å². The largest absolute Gasteiger partial charge is 0.507 e. The van der Waals surface area contributed by atoms with E-state index in [9.17, 15) is 19.1 Å². The van der Waals surface area contributed by atoms with Crippen LogP contribution < -0.4 is 9.64 Å². The van der Waals surface area contributed by atoms with Gasteiger partial charge < -0.3 is 9.84 Å². The Labute approximate surface area is 247 Å². The highest BCUT2D eigenvalue weighted by Gasteiger charge is 2.48. The smallest absolute Gasteiger partial charge is 0.301 e. The van der Waals surface area contributed by atoms with Crippen molar-refractivity contribution in [2.24, 2.45) is 0 Å². The first-order valence-corrected chi connectivity index (χ1v) is 14.5. The molecule has 1 aromatic heterocycles. The van der Waals surface area contributed by atoms with E-state index in [0.717, 1.165) is 29.0 Å². The SMILES string of the molecule is CCOc1cccc(C2C(=C(O)c3ccc(F)cc3)C(=O)C(=O)N2c2nnc(SCc3ccc(Cl)cc3Cl)s2)c1. The van der Waals surface area contributed by atoms with Gasteiger partial charge in [-0.1, -0.05) is 64.5 Å². The summed E-state index contributed by atoms with van der Waals surface area (Å²) in [5, 5.41) is 20.8. The first-order valence-electron chi connectivity index (χ1n) is 12.0. The highest BCUT2D eigenvalue weighted by atomic mass is 35.5. The average Bonchev–Trinajstić information content (AvgIpc) is 3.50. The Morgan fingerprint density at radius 3 is 2.60 bits per heavy atom. The number of rotatable bonds is 8. The zero-order chi connectivity index (χ0) is 28.4. The van der Waals surface area contributed by atoms with E-state index in [1.807, 2.05) is 13.0 Å². The van der Waals surface area contributed by atoms with E-state index in [4.69, 9.17) is 27.9 Å². The van der Waals surface area contributed by atoms with Gasteiger partial charge in [0.25, 0.3) is 5.78 Å². The number of amides is 1. The molecule has 0 saturated carbocycles. The Kier molecular flexibility index (Phi) is 8.41. The second-order valence-electron chi connectivity index (χ2n) is 8.56. The summed E-state index contributed by atoms with van der Waals surface area (Å²) in [6.45, 7) is 2.25. The van der Waals surface area contributed by atoms with Gasteiger partial charge in [0.1, 0.15) is 17.3 Å². The van der Waals surface area contributed by atoms with Crippen LogP contribution in [0.2, 0.25) is 10.0 Å². The lowest BCUT2D eigenvalue weighted by molar-refractivity contribution is -0.132. The predicted molar refractivity (Wildman–Crippen MR) is 155 cm³/mol. The summed E-state index contributed by atoms with van der Waals surface area (Å²) < 4.78 is 19.7. The molecule has 0 radical (unpaired) electrons. The lowest BCUT2D eigenvalue weighted by atomic mass is 9.95. The molecular formula is C28H20Cl2FN3O4S2. The van der Waals surface area contributed by atoms with E-state index in [1.54, 1.807) is 36.4 Å². The molecule has 1 N–H and O–H groups in total. The summed E-state index contributed by atoms with van der Waals surface area (Å²) in [5.41, 5.74) is 1.41. The Morgan fingerprint density at radius 2 is 1.88 bits per heavy atom. The third kappa shape index (κ3) is 5.71. The molecule has 1 atom stereocenters. The summed E-state index contributed by atoms with van der Waals surface area (Å²) in [4.78, 5) is 28.0. The van der Waals surface area contributed by atoms with Crippen molar-refractivity contribution in [3.63, 3.8) is 0 Å². The van der Waals surface area contributed by atoms with Gasteiger partial charge in [-0.3, -0.25) is 14.5 Å². The molecule has 1 saturated heterocycles. The molecule has 7 nitrogen and oxygen atoms in total. The number of carbonyl (C=O) groups is 2. The molecule has 40 heavy (non-hydrogen) atoms. The second-order valence-corrected chi connectivity index (χ2v) is 11.6. The first-order chi connectivity index (χ1) is 19.3. The number of halogens is 3. The zero-order valence-corrected chi connectivity index (χ0v) is 24.0. The number of thioether (sulfide) groups is 1. The Hall–Kier alpha value is -3.44. The van der Waals surface area contributed by atoms with Crippen molar-refractivity contribution in [2.45, 2.75) is 23.1 Å². The number of Topliss-reactive ketones (excluding diaryl/α,β-unsaturated/α-hetero) is 1. The maximum atomic E-state index is 13.6. The quantitative estimate of drug-likeness (QED) is 0.0730. The fourth-order valence-corrected chi connectivity index (χ4v) is 6.61. The lowest BCUT2D eigenvalue weighted by Gasteiger charge is -2.23. The van der Waals surface area contributed by atoms with Crippen LogP contribution in [0, 0.1) is 5.82 Å². The number of anilines is 1. The maximum Gasteiger partial charge on any atom is 0.301 e. The van der Waals surface area contributed by atoms with E-state index >= 15 is 0 Å². The molecule has 1 aliphatic heterocycles. The van der Waals surface area contributed by atoms with Crippen LogP contribution in [0.3, 0.4) is 0 Å². The van der Waals surface area contributed by atoms with Gasteiger partial charge in [0.2, 0.25) is 5.13 Å². The van der Waals surface area contributed by atoms with E-state index in [2.05, 4.69) is 10.2 Å². The molecule has 0 aliphatic carbocycles. The first kappa shape index (κ1) is 28.1. The van der Waals surface area contributed by atoms with Gasteiger partial charge in [0, 0.05) is 21.4 Å². The van der Waals surface area contributed by atoms with Crippen LogP contribution >= 0.6 is 46.3 Å². The van der Waals surface area contributed by atoms with Crippen molar-refractivity contribution in [3.05, 3.63) is 105 Å². The van der Waals surface area contributed by atoms with Crippen LogP contribution in [0.5, 0.6) is 5.75 Å². The minimum Gasteiger partial charge on any atom is -0.507 e. The molecule has 0 bridgehead atoms. The summed E-state index contributed by atoms with van der Waals surface area (Å²) >= 11 is 14.8. The Bertz CT molecular complexity index is 1630. The van der Waals surface area contributed by atoms with Crippen molar-refractivity contribution in [3.8, 4) is 5.75 Å². The molecule has 1 unspecified atom stereocenters. The van der Waals surface area contributed by atoms with E-state index in [0.29, 0.717) is 38.1 Å². The lowest BCUT2D eigenvalue weighted by Crippen LogP contribution is -2.29. The molecule has 2 heterocycles. The number of ketones is 1. The number of aliphatic hydroxyl groups excluding tert-OH is 1. The molecule has 3 aromatic carbocycles. The molecule has 5 rings (SSSR count). The van der Waals surface area contributed by atoms with Crippen LogP contribution in [0.25, 0.3) is 5.76 Å². The van der Waals surface area contributed by atoms with Crippen LogP contribution in [0.15, 0.2) is 76.6 Å². The van der Waals surface area contributed by atoms with Gasteiger partial charge in [-0.15, -0.1) is 10.2 Å². The van der Waals surface area contributed by atoms with Crippen LogP contribution in [-0.2, 0) is 15.3 Å². The molecule has 1 fully saturated rings. The van der Waals surface area contributed by atoms with E-state index in [-0.39, 0.29) is 16.3 Å². The summed E-state index contributed by atoms with van der Waals surface area (Å²) in [6, 6.07) is 16.1. The number of nitrogens with zero attached hydrogens (tertiary/aromatic N) is 3. The minimum atomic E-state index is -1.03. The van der Waals surface area contributed by atoms with Crippen LogP contribution in [-0.4, -0.2) is 33.6 Å². The monoisotopic (exact) mass is 615 g/mol. The summed E-state index contributed by atoms with van der Waals surface area (Å²) in [6.07, 6.45) is 0. The minimum absolute atomic E-state index is 0.150. The topological polar surface area (TPSA) is 92.6 Å². The highest BCUT2D eigenvalue weighted by molar-refractivity contribution is 8.00. The molecular weight excluding hydrogens is 596 g/mol. The van der Waals surface area contributed by atoms with Crippen molar-refractivity contribution in [1.29, 1.82) is 0 Å². The van der Waals surface area contributed by atoms with E-state index < -0.39 is 29.3 Å². The summed E-state index contributed by atoms with van der Waals surface area (Å²) in [7, 11) is 0. The van der Waals surface area contributed by atoms with Gasteiger partial charge in [-0.25, -0.2) is 4.39 Å². The number of benzene rings is 3. The van der Waals surface area contributed by atoms with Gasteiger partial charge in [0.05, 0.1) is 18.2 Å². The molecule has 1 amide bonds. The number of aromatic nitrogens is 2. The third-order valence-electron chi connectivity index (χ3n) is 6.02. The number of hydrogen-bond donors (Lipinski definition) is 1. The fraction of sp³-hybridized carbons (Fsp3) is 0.143. The van der Waals surface area contributed by atoms with Crippen LogP contribution in [0.4, 0.5) is 9.52 Å². The fourth-order valence-electron chi connectivity index (χ4n) is 4.19. The Morgan fingerprint density at radius 1 is 1.10 bits per heavy atom. The molecule has 0 spiro atoms.